The first-order chi connectivity index (χ1) is 9.69. The lowest BCUT2D eigenvalue weighted by Crippen LogP contribution is -2.41. The Morgan fingerprint density at radius 3 is 3.15 bits per heavy atom. The smallest absolute Gasteiger partial charge is 0.317 e. The van der Waals surface area contributed by atoms with E-state index in [-0.39, 0.29) is 6.54 Å². The van der Waals surface area contributed by atoms with E-state index >= 15 is 0 Å². The first-order valence-electron chi connectivity index (χ1n) is 7.17. The molecular weight excluding hydrogens is 256 g/mol. The Kier molecular flexibility index (Phi) is 5.29. The van der Waals surface area contributed by atoms with E-state index in [1.165, 1.54) is 0 Å². The summed E-state index contributed by atoms with van der Waals surface area (Å²) in [4.78, 5) is 21.4. The highest BCUT2D eigenvalue weighted by Crippen LogP contribution is 2.21. The van der Waals surface area contributed by atoms with Gasteiger partial charge < -0.3 is 15.3 Å². The van der Waals surface area contributed by atoms with Gasteiger partial charge in [-0.2, -0.15) is 0 Å². The Labute approximate surface area is 119 Å². The van der Waals surface area contributed by atoms with Crippen LogP contribution in [0, 0.1) is 5.92 Å². The fourth-order valence-electron chi connectivity index (χ4n) is 2.58. The Hall–Kier alpha value is -1.69. The number of hydrogen-bond acceptors (Lipinski definition) is 5. The number of anilines is 1. The van der Waals surface area contributed by atoms with Crippen LogP contribution in [-0.4, -0.2) is 47.2 Å². The van der Waals surface area contributed by atoms with Gasteiger partial charge in [0.15, 0.2) is 0 Å². The van der Waals surface area contributed by atoms with Crippen LogP contribution < -0.4 is 10.2 Å². The van der Waals surface area contributed by atoms with Crippen LogP contribution >= 0.6 is 0 Å². The molecule has 0 saturated carbocycles. The quantitative estimate of drug-likeness (QED) is 0.806. The number of carboxylic acid groups (broad SMARTS) is 1. The van der Waals surface area contributed by atoms with Gasteiger partial charge in [0.05, 0.1) is 6.54 Å². The van der Waals surface area contributed by atoms with Gasteiger partial charge in [0.2, 0.25) is 0 Å². The van der Waals surface area contributed by atoms with Gasteiger partial charge in [-0.15, -0.1) is 0 Å². The van der Waals surface area contributed by atoms with Gasteiger partial charge in [0, 0.05) is 31.4 Å². The molecule has 1 saturated heterocycles. The Balaban J connectivity index is 1.90. The van der Waals surface area contributed by atoms with Crippen LogP contribution in [0.1, 0.15) is 25.5 Å². The van der Waals surface area contributed by atoms with Gasteiger partial charge >= 0.3 is 5.97 Å². The number of nitrogens with zero attached hydrogens (tertiary/aromatic N) is 3. The van der Waals surface area contributed by atoms with Gasteiger partial charge in [-0.3, -0.25) is 4.79 Å². The highest BCUT2D eigenvalue weighted by Gasteiger charge is 2.21. The molecule has 0 aromatic carbocycles. The van der Waals surface area contributed by atoms with E-state index in [0.717, 1.165) is 50.4 Å². The van der Waals surface area contributed by atoms with Gasteiger partial charge in [-0.1, -0.05) is 6.92 Å². The minimum atomic E-state index is -0.805. The van der Waals surface area contributed by atoms with E-state index < -0.39 is 5.97 Å². The van der Waals surface area contributed by atoms with E-state index in [4.69, 9.17) is 5.11 Å². The molecule has 1 unspecified atom stereocenters. The third-order valence-corrected chi connectivity index (χ3v) is 3.62. The van der Waals surface area contributed by atoms with E-state index in [0.29, 0.717) is 5.92 Å². The van der Waals surface area contributed by atoms with Crippen molar-refractivity contribution in [2.24, 2.45) is 5.92 Å². The lowest BCUT2D eigenvalue weighted by molar-refractivity contribution is -0.136. The molecule has 2 heterocycles. The van der Waals surface area contributed by atoms with Crippen molar-refractivity contribution >= 4 is 11.8 Å². The third-order valence-electron chi connectivity index (χ3n) is 3.62. The number of aliphatic carboxylic acids is 1. The summed E-state index contributed by atoms with van der Waals surface area (Å²) in [7, 11) is 0. The summed E-state index contributed by atoms with van der Waals surface area (Å²) in [6, 6.07) is 2.05. The first-order valence-corrected chi connectivity index (χ1v) is 7.17. The molecule has 0 amide bonds. The highest BCUT2D eigenvalue weighted by atomic mass is 16.4. The molecule has 0 bridgehead atoms. The lowest BCUT2D eigenvalue weighted by Gasteiger charge is -2.33. The largest absolute Gasteiger partial charge is 0.480 e. The van der Waals surface area contributed by atoms with E-state index in [2.05, 4.69) is 27.1 Å². The number of nitrogens with one attached hydrogen (secondary N) is 1. The molecule has 110 valence electrons. The summed E-state index contributed by atoms with van der Waals surface area (Å²) in [5, 5.41) is 11.6. The SMILES string of the molecule is CCc1cc(N2CCCC(CNCC(=O)O)C2)ncn1. The van der Waals surface area contributed by atoms with Crippen molar-refractivity contribution in [2.75, 3.05) is 31.1 Å². The predicted molar refractivity (Wildman–Crippen MR) is 76.9 cm³/mol. The fraction of sp³-hybridized carbons (Fsp3) is 0.643. The zero-order valence-corrected chi connectivity index (χ0v) is 11.9. The number of piperidine rings is 1. The van der Waals surface area contributed by atoms with Gasteiger partial charge in [-0.05, 0) is 25.2 Å². The van der Waals surface area contributed by atoms with Crippen LogP contribution in [0.25, 0.3) is 0 Å². The second kappa shape index (κ2) is 7.19. The molecule has 0 spiro atoms. The molecule has 1 aliphatic rings. The number of aromatic nitrogens is 2. The summed E-state index contributed by atoms with van der Waals surface area (Å²) in [6.07, 6.45) is 4.78. The van der Waals surface area contributed by atoms with E-state index in [1.807, 2.05) is 6.07 Å². The monoisotopic (exact) mass is 278 g/mol. The minimum Gasteiger partial charge on any atom is -0.480 e. The Bertz CT molecular complexity index is 453. The number of carbonyl (C=O) groups is 1. The molecule has 6 heteroatoms. The van der Waals surface area contributed by atoms with E-state index in [9.17, 15) is 4.79 Å². The topological polar surface area (TPSA) is 78.4 Å². The van der Waals surface area contributed by atoms with Crippen molar-refractivity contribution in [3.05, 3.63) is 18.1 Å². The van der Waals surface area contributed by atoms with Gasteiger partial charge in [-0.25, -0.2) is 9.97 Å². The molecule has 0 aliphatic carbocycles. The Morgan fingerprint density at radius 2 is 2.40 bits per heavy atom. The van der Waals surface area contributed by atoms with Crippen molar-refractivity contribution < 1.29 is 9.90 Å². The maximum atomic E-state index is 10.5. The van der Waals surface area contributed by atoms with Crippen LogP contribution in [0.4, 0.5) is 5.82 Å². The number of aryl methyl sites for hydroxylation is 1. The molecular formula is C14H22N4O2. The summed E-state index contributed by atoms with van der Waals surface area (Å²) in [6.45, 7) is 4.79. The zero-order valence-electron chi connectivity index (χ0n) is 11.9. The van der Waals surface area contributed by atoms with Crippen molar-refractivity contribution in [3.8, 4) is 0 Å². The molecule has 0 radical (unpaired) electrons. The molecule has 1 fully saturated rings. The minimum absolute atomic E-state index is 0.0317. The second-order valence-electron chi connectivity index (χ2n) is 5.20. The maximum absolute atomic E-state index is 10.5. The van der Waals surface area contributed by atoms with Gasteiger partial charge in [0.1, 0.15) is 12.1 Å². The van der Waals surface area contributed by atoms with Crippen molar-refractivity contribution in [1.82, 2.24) is 15.3 Å². The van der Waals surface area contributed by atoms with Crippen molar-refractivity contribution in [3.63, 3.8) is 0 Å². The van der Waals surface area contributed by atoms with Crippen LogP contribution in [0.15, 0.2) is 12.4 Å². The van der Waals surface area contributed by atoms with Gasteiger partial charge in [0.25, 0.3) is 0 Å². The molecule has 2 N–H and O–H groups in total. The van der Waals surface area contributed by atoms with Crippen LogP contribution in [0.5, 0.6) is 0 Å². The Morgan fingerprint density at radius 1 is 1.55 bits per heavy atom. The molecule has 20 heavy (non-hydrogen) atoms. The van der Waals surface area contributed by atoms with Crippen LogP contribution in [0.3, 0.4) is 0 Å². The molecule has 6 nitrogen and oxygen atoms in total. The summed E-state index contributed by atoms with van der Waals surface area (Å²) in [5.41, 5.74) is 1.06. The van der Waals surface area contributed by atoms with Crippen molar-refractivity contribution in [2.45, 2.75) is 26.2 Å². The number of rotatable bonds is 6. The lowest BCUT2D eigenvalue weighted by atomic mass is 9.98. The summed E-state index contributed by atoms with van der Waals surface area (Å²) < 4.78 is 0. The number of carboxylic acids is 1. The average molecular weight is 278 g/mol. The second-order valence-corrected chi connectivity index (χ2v) is 5.20. The molecule has 1 aromatic rings. The van der Waals surface area contributed by atoms with Crippen LogP contribution in [0.2, 0.25) is 0 Å². The van der Waals surface area contributed by atoms with Crippen LogP contribution in [-0.2, 0) is 11.2 Å². The maximum Gasteiger partial charge on any atom is 0.317 e. The normalized spacial score (nSPS) is 19.1. The summed E-state index contributed by atoms with van der Waals surface area (Å²) >= 11 is 0. The number of hydrogen-bond donors (Lipinski definition) is 2. The standard InChI is InChI=1S/C14H22N4O2/c1-2-12-6-13(17-10-16-12)18-5-3-4-11(9-18)7-15-8-14(19)20/h6,10-11,15H,2-5,7-9H2,1H3,(H,19,20). The predicted octanol–water partition coefficient (Wildman–Crippen LogP) is 0.930. The molecule has 2 rings (SSSR count). The molecule has 1 aliphatic heterocycles. The highest BCUT2D eigenvalue weighted by molar-refractivity contribution is 5.68. The first kappa shape index (κ1) is 14.7. The average Bonchev–Trinajstić information content (AvgIpc) is 2.47. The van der Waals surface area contributed by atoms with E-state index in [1.54, 1.807) is 6.33 Å². The molecule has 1 aromatic heterocycles. The zero-order chi connectivity index (χ0) is 14.4. The molecule has 1 atom stereocenters. The summed E-state index contributed by atoms with van der Waals surface area (Å²) in [5.74, 6) is 0.656. The fourth-order valence-corrected chi connectivity index (χ4v) is 2.58. The third kappa shape index (κ3) is 4.16. The van der Waals surface area contributed by atoms with Crippen molar-refractivity contribution in [1.29, 1.82) is 0 Å².